The second-order valence-corrected chi connectivity index (χ2v) is 9.30. The summed E-state index contributed by atoms with van der Waals surface area (Å²) in [6.45, 7) is -1.79. The lowest BCUT2D eigenvalue weighted by Gasteiger charge is -2.45. The van der Waals surface area contributed by atoms with Crippen LogP contribution >= 0.6 is 0 Å². The van der Waals surface area contributed by atoms with Gasteiger partial charge < -0.3 is 84.2 Å². The Balaban J connectivity index is 1.48. The summed E-state index contributed by atoms with van der Waals surface area (Å²) in [5.74, 6) is 0. The van der Waals surface area contributed by atoms with Crippen LogP contribution in [0.4, 0.5) is 0 Å². The smallest absolute Gasteiger partial charge is 0.187 e. The van der Waals surface area contributed by atoms with E-state index in [-0.39, 0.29) is 13.2 Å². The number of hydrogen-bond donors (Lipinski definition) is 10. The summed E-state index contributed by atoms with van der Waals surface area (Å²) in [4.78, 5) is 0. The van der Waals surface area contributed by atoms with Crippen LogP contribution in [0.15, 0.2) is 0 Å². The van der Waals surface area contributed by atoms with Gasteiger partial charge in [-0.1, -0.05) is 0 Å². The van der Waals surface area contributed by atoms with Gasteiger partial charge in [0.25, 0.3) is 0 Å². The molecule has 16 unspecified atom stereocenters. The molecule has 0 aromatic carbocycles. The molecule has 16 atom stereocenters. The van der Waals surface area contributed by atoms with Gasteiger partial charge >= 0.3 is 0 Å². The SMILES string of the molecule is OCC1OC(OC2C(OC3OCC(O)C(O)C3O)COC(OC3COC(O)C(O)C3O)C2O)C(O)C1O. The zero-order chi connectivity index (χ0) is 27.0. The van der Waals surface area contributed by atoms with Crippen molar-refractivity contribution in [1.82, 2.24) is 0 Å². The third-order valence-electron chi connectivity index (χ3n) is 6.72. The van der Waals surface area contributed by atoms with Gasteiger partial charge in [-0.15, -0.1) is 0 Å². The van der Waals surface area contributed by atoms with Crippen molar-refractivity contribution in [3.63, 3.8) is 0 Å². The van der Waals surface area contributed by atoms with E-state index in [1.165, 1.54) is 0 Å². The lowest BCUT2D eigenvalue weighted by Crippen LogP contribution is -2.62. The van der Waals surface area contributed by atoms with E-state index in [1.807, 2.05) is 0 Å². The predicted octanol–water partition coefficient (Wildman–Crippen LogP) is -7.19. The normalized spacial score (nSPS) is 53.4. The summed E-state index contributed by atoms with van der Waals surface area (Å²) in [5.41, 5.74) is 0. The molecule has 4 fully saturated rings. The van der Waals surface area contributed by atoms with Crippen LogP contribution < -0.4 is 0 Å². The molecule has 4 saturated heterocycles. The van der Waals surface area contributed by atoms with Gasteiger partial charge in [-0.05, 0) is 0 Å². The first-order valence-electron chi connectivity index (χ1n) is 11.7. The number of ether oxygens (including phenoxy) is 7. The number of hydrogen-bond acceptors (Lipinski definition) is 17. The molecule has 17 heteroatoms. The van der Waals surface area contributed by atoms with Gasteiger partial charge in [-0.25, -0.2) is 0 Å². The number of aliphatic hydroxyl groups is 10. The van der Waals surface area contributed by atoms with Gasteiger partial charge in [0, 0.05) is 0 Å². The molecular formula is C20H34O17. The molecule has 216 valence electrons. The van der Waals surface area contributed by atoms with Crippen molar-refractivity contribution in [3.8, 4) is 0 Å². The molecule has 0 aromatic rings. The largest absolute Gasteiger partial charge is 0.394 e. The van der Waals surface area contributed by atoms with Crippen LogP contribution in [0.3, 0.4) is 0 Å². The summed E-state index contributed by atoms with van der Waals surface area (Å²) < 4.78 is 37.9. The highest BCUT2D eigenvalue weighted by Crippen LogP contribution is 2.31. The summed E-state index contributed by atoms with van der Waals surface area (Å²) in [6, 6.07) is 0. The molecule has 4 aliphatic rings. The zero-order valence-electron chi connectivity index (χ0n) is 19.4. The van der Waals surface area contributed by atoms with Crippen LogP contribution in [-0.2, 0) is 33.2 Å². The molecule has 37 heavy (non-hydrogen) atoms. The predicted molar refractivity (Wildman–Crippen MR) is 110 cm³/mol. The first kappa shape index (κ1) is 29.3. The van der Waals surface area contributed by atoms with Crippen molar-refractivity contribution in [2.45, 2.75) is 98.4 Å². The highest BCUT2D eigenvalue weighted by molar-refractivity contribution is 4.93. The molecule has 0 aliphatic carbocycles. The maximum absolute atomic E-state index is 11.0. The molecule has 0 spiro atoms. The Labute approximate surface area is 209 Å². The van der Waals surface area contributed by atoms with Crippen molar-refractivity contribution >= 4 is 0 Å². The lowest BCUT2D eigenvalue weighted by atomic mass is 10.0. The van der Waals surface area contributed by atoms with Crippen LogP contribution in [0.5, 0.6) is 0 Å². The van der Waals surface area contributed by atoms with Gasteiger partial charge in [0.05, 0.1) is 26.4 Å². The summed E-state index contributed by atoms with van der Waals surface area (Å²) in [6.07, 6.45) is -24.2. The molecular weight excluding hydrogens is 512 g/mol. The Bertz CT molecular complexity index is 731. The van der Waals surface area contributed by atoms with Gasteiger partial charge in [0.1, 0.15) is 73.2 Å². The molecule has 4 aliphatic heterocycles. The highest BCUT2D eigenvalue weighted by atomic mass is 16.8. The molecule has 0 radical (unpaired) electrons. The maximum Gasteiger partial charge on any atom is 0.187 e. The van der Waals surface area contributed by atoms with Gasteiger partial charge in [0.15, 0.2) is 25.2 Å². The monoisotopic (exact) mass is 546 g/mol. The Morgan fingerprint density at radius 2 is 1.14 bits per heavy atom. The van der Waals surface area contributed by atoms with Crippen molar-refractivity contribution in [2.24, 2.45) is 0 Å². The van der Waals surface area contributed by atoms with E-state index in [0.717, 1.165) is 0 Å². The quantitative estimate of drug-likeness (QED) is 0.142. The minimum Gasteiger partial charge on any atom is -0.394 e. The fourth-order valence-corrected chi connectivity index (χ4v) is 4.44. The van der Waals surface area contributed by atoms with Crippen LogP contribution in [0.25, 0.3) is 0 Å². The molecule has 0 aromatic heterocycles. The van der Waals surface area contributed by atoms with Crippen LogP contribution in [0.2, 0.25) is 0 Å². The van der Waals surface area contributed by atoms with Crippen molar-refractivity contribution in [2.75, 3.05) is 26.4 Å². The van der Waals surface area contributed by atoms with E-state index in [0.29, 0.717) is 0 Å². The zero-order valence-corrected chi connectivity index (χ0v) is 19.4. The first-order chi connectivity index (χ1) is 17.5. The Kier molecular flexibility index (Phi) is 9.69. The van der Waals surface area contributed by atoms with Crippen molar-refractivity contribution < 1.29 is 84.2 Å². The second kappa shape index (κ2) is 12.2. The minimum absolute atomic E-state index is 0.366. The topological polar surface area (TPSA) is 267 Å². The van der Waals surface area contributed by atoms with Crippen LogP contribution in [0.1, 0.15) is 0 Å². The average Bonchev–Trinajstić information content (AvgIpc) is 3.15. The van der Waals surface area contributed by atoms with E-state index in [2.05, 4.69) is 0 Å². The van der Waals surface area contributed by atoms with Crippen LogP contribution in [0, 0.1) is 0 Å². The van der Waals surface area contributed by atoms with Crippen molar-refractivity contribution in [3.05, 3.63) is 0 Å². The standard InChI is InChI=1S/C20H34O17/c21-1-6-10(24)14(28)20(34-6)37-16-8(36-18-13(27)9(23)5(22)2-32-18)4-33-19(15(16)29)35-7-3-31-17(30)12(26)11(7)25/h5-30H,1-4H2. The molecule has 4 heterocycles. The van der Waals surface area contributed by atoms with E-state index < -0.39 is 112 Å². The fourth-order valence-electron chi connectivity index (χ4n) is 4.44. The third-order valence-corrected chi connectivity index (χ3v) is 6.72. The van der Waals surface area contributed by atoms with Gasteiger partial charge in [-0.3, -0.25) is 0 Å². The minimum atomic E-state index is -1.74. The van der Waals surface area contributed by atoms with Crippen molar-refractivity contribution in [1.29, 1.82) is 0 Å². The van der Waals surface area contributed by atoms with Gasteiger partial charge in [0.2, 0.25) is 0 Å². The Morgan fingerprint density at radius 1 is 0.541 bits per heavy atom. The van der Waals surface area contributed by atoms with E-state index >= 15 is 0 Å². The fraction of sp³-hybridized carbons (Fsp3) is 1.00. The van der Waals surface area contributed by atoms with E-state index in [4.69, 9.17) is 33.2 Å². The maximum atomic E-state index is 11.0. The Morgan fingerprint density at radius 3 is 1.81 bits per heavy atom. The molecule has 0 bridgehead atoms. The average molecular weight is 546 g/mol. The summed E-state index contributed by atoms with van der Waals surface area (Å²) >= 11 is 0. The van der Waals surface area contributed by atoms with Gasteiger partial charge in [-0.2, -0.15) is 0 Å². The molecule has 0 saturated carbocycles. The second-order valence-electron chi connectivity index (χ2n) is 9.30. The summed E-state index contributed by atoms with van der Waals surface area (Å²) in [7, 11) is 0. The highest BCUT2D eigenvalue weighted by Gasteiger charge is 2.52. The van der Waals surface area contributed by atoms with E-state index in [1.54, 1.807) is 0 Å². The van der Waals surface area contributed by atoms with E-state index in [9.17, 15) is 51.1 Å². The first-order valence-corrected chi connectivity index (χ1v) is 11.7. The number of rotatable bonds is 7. The lowest BCUT2D eigenvalue weighted by molar-refractivity contribution is -0.362. The summed E-state index contributed by atoms with van der Waals surface area (Å²) in [5, 5.41) is 100. The third kappa shape index (κ3) is 6.08. The molecule has 0 amide bonds. The Hall–Kier alpha value is -0.680. The molecule has 17 nitrogen and oxygen atoms in total. The molecule has 10 N–H and O–H groups in total. The molecule has 4 rings (SSSR count). The number of aliphatic hydroxyl groups excluding tert-OH is 10. The van der Waals surface area contributed by atoms with Crippen LogP contribution in [-0.4, -0.2) is 176 Å².